The van der Waals surface area contributed by atoms with Crippen molar-refractivity contribution in [2.45, 2.75) is 32.7 Å². The minimum absolute atomic E-state index is 1.67. The number of hydrogen-bond acceptors (Lipinski definition) is 3. The Hall–Kier alpha value is 0.531. The normalized spacial score (nSPS) is 15.3. The fourth-order valence-electron chi connectivity index (χ4n) is 0.749. The van der Waals surface area contributed by atoms with E-state index in [0.29, 0.717) is 0 Å². The molecule has 0 radical (unpaired) electrons. The maximum atomic E-state index is 9.95. The predicted molar refractivity (Wildman–Crippen MR) is 53.2 cm³/mol. The molecule has 0 spiro atoms. The van der Waals surface area contributed by atoms with Gasteiger partial charge in [0, 0.05) is 0 Å². The molecule has 0 unspecified atom stereocenters. The lowest BCUT2D eigenvalue weighted by atomic mass is 11.9. The first kappa shape index (κ1) is 11.5. The molecule has 6 heteroatoms. The average Bonchev–Trinajstić information content (AvgIpc) is 1.58. The Morgan fingerprint density at radius 3 is 0.818 bits per heavy atom. The zero-order valence-electron chi connectivity index (χ0n) is 7.84. The van der Waals surface area contributed by atoms with Crippen molar-refractivity contribution in [3.05, 3.63) is 0 Å². The standard InChI is InChI=1S/C5H18O3Si3/c1-9(2,6)11(5,8)10(3,4)7/h6-8H,1-5H3. The summed E-state index contributed by atoms with van der Waals surface area (Å²) in [5, 5.41) is 0. The molecule has 0 fully saturated rings. The molecule has 0 aromatic carbocycles. The van der Waals surface area contributed by atoms with Crippen molar-refractivity contribution in [1.82, 2.24) is 0 Å². The van der Waals surface area contributed by atoms with Gasteiger partial charge in [-0.15, -0.1) is 0 Å². The lowest BCUT2D eigenvalue weighted by Gasteiger charge is -2.38. The van der Waals surface area contributed by atoms with Gasteiger partial charge in [0.15, 0.2) is 15.7 Å². The maximum absolute atomic E-state index is 9.95. The Balaban J connectivity index is 4.75. The van der Waals surface area contributed by atoms with Gasteiger partial charge in [0.05, 0.1) is 0 Å². The zero-order chi connectivity index (χ0) is 9.50. The highest BCUT2D eigenvalue weighted by atomic mass is 29.7. The summed E-state index contributed by atoms with van der Waals surface area (Å²) < 4.78 is 0. The Morgan fingerprint density at radius 1 is 0.636 bits per heavy atom. The van der Waals surface area contributed by atoms with E-state index >= 15 is 0 Å². The van der Waals surface area contributed by atoms with E-state index in [0.717, 1.165) is 0 Å². The van der Waals surface area contributed by atoms with Crippen LogP contribution in [0.3, 0.4) is 0 Å². The summed E-state index contributed by atoms with van der Waals surface area (Å²) in [6, 6.07) is 0. The summed E-state index contributed by atoms with van der Waals surface area (Å²) >= 11 is 0. The van der Waals surface area contributed by atoms with Gasteiger partial charge in [-0.1, -0.05) is 0 Å². The van der Waals surface area contributed by atoms with Crippen LogP contribution in [-0.4, -0.2) is 37.4 Å². The van der Waals surface area contributed by atoms with Crippen LogP contribution in [0.5, 0.6) is 0 Å². The molecule has 0 saturated carbocycles. The van der Waals surface area contributed by atoms with E-state index in [1.54, 1.807) is 32.7 Å². The molecular weight excluding hydrogens is 192 g/mol. The van der Waals surface area contributed by atoms with Crippen molar-refractivity contribution < 1.29 is 14.4 Å². The second-order valence-electron chi connectivity index (χ2n) is 4.19. The summed E-state index contributed by atoms with van der Waals surface area (Å²) in [5.74, 6) is 0. The first-order valence-electron chi connectivity index (χ1n) is 3.67. The van der Waals surface area contributed by atoms with Crippen molar-refractivity contribution in [2.75, 3.05) is 0 Å². The molecule has 0 atom stereocenters. The largest absolute Gasteiger partial charge is 0.432 e. The summed E-state index contributed by atoms with van der Waals surface area (Å²) in [7, 11) is -7.75. The van der Waals surface area contributed by atoms with Crippen LogP contribution in [0.4, 0.5) is 0 Å². The molecule has 0 bridgehead atoms. The molecule has 0 amide bonds. The van der Waals surface area contributed by atoms with Gasteiger partial charge in [0.1, 0.15) is 0 Å². The van der Waals surface area contributed by atoms with E-state index in [9.17, 15) is 14.4 Å². The monoisotopic (exact) mass is 210 g/mol. The van der Waals surface area contributed by atoms with E-state index in [1.807, 2.05) is 0 Å². The van der Waals surface area contributed by atoms with Crippen molar-refractivity contribution in [3.8, 4) is 0 Å². The minimum Gasteiger partial charge on any atom is -0.432 e. The van der Waals surface area contributed by atoms with E-state index in [2.05, 4.69) is 0 Å². The summed E-state index contributed by atoms with van der Waals surface area (Å²) in [4.78, 5) is 29.4. The van der Waals surface area contributed by atoms with E-state index in [4.69, 9.17) is 0 Å². The van der Waals surface area contributed by atoms with Crippen molar-refractivity contribution in [3.63, 3.8) is 0 Å². The molecule has 11 heavy (non-hydrogen) atoms. The molecule has 3 nitrogen and oxygen atoms in total. The molecule has 0 aromatic heterocycles. The Kier molecular flexibility index (Phi) is 2.92. The van der Waals surface area contributed by atoms with E-state index < -0.39 is 23.0 Å². The maximum Gasteiger partial charge on any atom is 0.221 e. The van der Waals surface area contributed by atoms with Crippen LogP contribution in [-0.2, 0) is 0 Å². The third-order valence-electron chi connectivity index (χ3n) is 2.38. The first-order valence-corrected chi connectivity index (χ1v) is 14.0. The molecule has 0 heterocycles. The van der Waals surface area contributed by atoms with Gasteiger partial charge in [-0.05, 0) is 32.7 Å². The molecular formula is C5H18O3Si3. The first-order chi connectivity index (χ1) is 4.50. The Bertz CT molecular complexity index is 128. The van der Waals surface area contributed by atoms with E-state index in [-0.39, 0.29) is 0 Å². The second kappa shape index (κ2) is 2.79. The highest BCUT2D eigenvalue weighted by Crippen LogP contribution is 2.21. The van der Waals surface area contributed by atoms with Crippen molar-refractivity contribution >= 4 is 23.0 Å². The SMILES string of the molecule is C[Si](C)(O)[Si](C)(O)[Si](C)(C)O. The van der Waals surface area contributed by atoms with Crippen molar-refractivity contribution in [1.29, 1.82) is 0 Å². The average molecular weight is 210 g/mol. The van der Waals surface area contributed by atoms with Gasteiger partial charge in [-0.3, -0.25) is 0 Å². The van der Waals surface area contributed by atoms with Crippen molar-refractivity contribution in [2.24, 2.45) is 0 Å². The van der Waals surface area contributed by atoms with E-state index in [1.165, 1.54) is 0 Å². The molecule has 3 N–H and O–H groups in total. The Morgan fingerprint density at radius 2 is 0.818 bits per heavy atom. The topological polar surface area (TPSA) is 60.7 Å². The van der Waals surface area contributed by atoms with Gasteiger partial charge < -0.3 is 14.4 Å². The molecule has 0 aromatic rings. The van der Waals surface area contributed by atoms with Gasteiger partial charge in [0.2, 0.25) is 7.35 Å². The molecule has 0 aliphatic carbocycles. The molecule has 0 aliphatic rings. The van der Waals surface area contributed by atoms with Crippen LogP contribution in [0, 0.1) is 0 Å². The summed E-state index contributed by atoms with van der Waals surface area (Å²) in [6.07, 6.45) is 0. The Labute approximate surface area is 70.7 Å². The lowest BCUT2D eigenvalue weighted by Crippen LogP contribution is -2.72. The second-order valence-corrected chi connectivity index (χ2v) is 27.3. The number of hydrogen-bond donors (Lipinski definition) is 3. The molecule has 68 valence electrons. The van der Waals surface area contributed by atoms with Crippen LogP contribution in [0.2, 0.25) is 32.7 Å². The third-order valence-corrected chi connectivity index (χ3v) is 32.5. The van der Waals surface area contributed by atoms with Crippen LogP contribution >= 0.6 is 0 Å². The summed E-state index contributed by atoms with van der Waals surface area (Å²) in [5.41, 5.74) is 0. The number of rotatable bonds is 2. The highest BCUT2D eigenvalue weighted by molar-refractivity contribution is 7.63. The van der Waals surface area contributed by atoms with Crippen LogP contribution < -0.4 is 0 Å². The molecule has 0 rings (SSSR count). The predicted octanol–water partition coefficient (Wildman–Crippen LogP) is 0.106. The molecule has 0 aliphatic heterocycles. The minimum atomic E-state index is -2.72. The fourth-order valence-corrected chi connectivity index (χ4v) is 20.2. The van der Waals surface area contributed by atoms with Gasteiger partial charge >= 0.3 is 0 Å². The fraction of sp³-hybridized carbons (Fsp3) is 1.00. The van der Waals surface area contributed by atoms with Crippen LogP contribution in [0.15, 0.2) is 0 Å². The molecule has 0 saturated heterocycles. The van der Waals surface area contributed by atoms with Gasteiger partial charge in [0.25, 0.3) is 0 Å². The highest BCUT2D eigenvalue weighted by Gasteiger charge is 2.55. The van der Waals surface area contributed by atoms with Crippen LogP contribution in [0.25, 0.3) is 0 Å². The quantitative estimate of drug-likeness (QED) is 0.567. The summed E-state index contributed by atoms with van der Waals surface area (Å²) in [6.45, 7) is 8.47. The lowest BCUT2D eigenvalue weighted by molar-refractivity contribution is 0.505. The van der Waals surface area contributed by atoms with Crippen LogP contribution in [0.1, 0.15) is 0 Å². The smallest absolute Gasteiger partial charge is 0.221 e. The zero-order valence-corrected chi connectivity index (χ0v) is 10.8. The van der Waals surface area contributed by atoms with Gasteiger partial charge in [-0.25, -0.2) is 0 Å². The third kappa shape index (κ3) is 2.23. The van der Waals surface area contributed by atoms with Gasteiger partial charge in [-0.2, -0.15) is 0 Å².